The van der Waals surface area contributed by atoms with Gasteiger partial charge in [0.25, 0.3) is 0 Å². The second kappa shape index (κ2) is 4.88. The summed E-state index contributed by atoms with van der Waals surface area (Å²) in [4.78, 5) is 3.37. The Balaban J connectivity index is 2.02. The molecule has 82 valence electrons. The number of rotatable bonds is 2. The number of nitrogens with one attached hydrogen (secondary N) is 1. The number of hydrogen-bond acceptors (Lipinski definition) is 4. The predicted octanol–water partition coefficient (Wildman–Crippen LogP) is 0.963. The Labute approximate surface area is 96.1 Å². The van der Waals surface area contributed by atoms with Crippen LogP contribution in [0.3, 0.4) is 0 Å². The summed E-state index contributed by atoms with van der Waals surface area (Å²) in [5.74, 6) is 0. The van der Waals surface area contributed by atoms with Crippen LogP contribution >= 0.6 is 12.6 Å². The Morgan fingerprint density at radius 2 is 2.00 bits per heavy atom. The molecule has 3 nitrogen and oxygen atoms in total. The van der Waals surface area contributed by atoms with Crippen molar-refractivity contribution in [3.63, 3.8) is 0 Å². The van der Waals surface area contributed by atoms with Gasteiger partial charge in [-0.15, -0.1) is 12.6 Å². The van der Waals surface area contributed by atoms with Crippen molar-refractivity contribution in [2.24, 2.45) is 0 Å². The third kappa shape index (κ3) is 3.12. The van der Waals surface area contributed by atoms with Gasteiger partial charge in [0.15, 0.2) is 0 Å². The molecule has 4 heteroatoms. The Kier molecular flexibility index (Phi) is 3.51. The highest BCUT2D eigenvalue weighted by molar-refractivity contribution is 7.80. The fourth-order valence-electron chi connectivity index (χ4n) is 1.92. The topological polar surface area (TPSA) is 41.3 Å². The summed E-state index contributed by atoms with van der Waals surface area (Å²) < 4.78 is 0. The number of nitrogen functional groups attached to an aromatic ring is 1. The van der Waals surface area contributed by atoms with Crippen molar-refractivity contribution in [3.05, 3.63) is 23.8 Å². The summed E-state index contributed by atoms with van der Waals surface area (Å²) in [5.41, 5.74) is 7.84. The van der Waals surface area contributed by atoms with Gasteiger partial charge in [0.05, 0.1) is 0 Å². The van der Waals surface area contributed by atoms with Crippen LogP contribution in [0.25, 0.3) is 0 Å². The van der Waals surface area contributed by atoms with Gasteiger partial charge >= 0.3 is 0 Å². The molecule has 0 spiro atoms. The summed E-state index contributed by atoms with van der Waals surface area (Å²) in [5, 5.41) is 3.34. The van der Waals surface area contributed by atoms with E-state index in [0.29, 0.717) is 0 Å². The summed E-state index contributed by atoms with van der Waals surface area (Å²) >= 11 is 4.33. The molecule has 3 N–H and O–H groups in total. The van der Waals surface area contributed by atoms with E-state index in [9.17, 15) is 0 Å². The third-order valence-electron chi connectivity index (χ3n) is 2.62. The van der Waals surface area contributed by atoms with E-state index in [1.807, 2.05) is 12.1 Å². The van der Waals surface area contributed by atoms with Crippen LogP contribution in [0.1, 0.15) is 5.56 Å². The van der Waals surface area contributed by atoms with Gasteiger partial charge in [0.1, 0.15) is 0 Å². The minimum atomic E-state index is 0.799. The molecule has 0 amide bonds. The Morgan fingerprint density at radius 3 is 2.67 bits per heavy atom. The first-order chi connectivity index (χ1) is 7.24. The maximum atomic E-state index is 5.78. The van der Waals surface area contributed by atoms with E-state index >= 15 is 0 Å². The Hall–Kier alpha value is -0.710. The first kappa shape index (κ1) is 10.8. The normalized spacial score (nSPS) is 17.9. The first-order valence-corrected chi connectivity index (χ1v) is 5.70. The van der Waals surface area contributed by atoms with E-state index in [1.54, 1.807) is 0 Å². The molecular formula is C11H17N3S. The van der Waals surface area contributed by atoms with E-state index in [1.165, 1.54) is 5.56 Å². The van der Waals surface area contributed by atoms with Crippen molar-refractivity contribution in [2.45, 2.75) is 11.4 Å². The molecule has 1 aliphatic rings. The van der Waals surface area contributed by atoms with Crippen molar-refractivity contribution in [1.29, 1.82) is 0 Å². The maximum absolute atomic E-state index is 5.78. The SMILES string of the molecule is Nc1cc(S)cc(CN2CCNCC2)c1. The molecule has 1 heterocycles. The number of nitrogens with zero attached hydrogens (tertiary/aromatic N) is 1. The standard InChI is InChI=1S/C11H17N3S/c12-10-5-9(6-11(15)7-10)8-14-3-1-13-2-4-14/h5-7,13,15H,1-4,8,12H2. The van der Waals surface area contributed by atoms with E-state index < -0.39 is 0 Å². The lowest BCUT2D eigenvalue weighted by Gasteiger charge is -2.27. The lowest BCUT2D eigenvalue weighted by Crippen LogP contribution is -2.42. The van der Waals surface area contributed by atoms with Crippen LogP contribution in [0.15, 0.2) is 23.1 Å². The molecule has 0 atom stereocenters. The summed E-state index contributed by atoms with van der Waals surface area (Å²) in [6.45, 7) is 5.35. The van der Waals surface area contributed by atoms with Gasteiger partial charge in [-0.1, -0.05) is 0 Å². The van der Waals surface area contributed by atoms with E-state index in [2.05, 4.69) is 28.9 Å². The Bertz CT molecular complexity index is 314. The minimum absolute atomic E-state index is 0.799. The molecule has 0 radical (unpaired) electrons. The Morgan fingerprint density at radius 1 is 1.27 bits per heavy atom. The zero-order valence-corrected chi connectivity index (χ0v) is 9.63. The molecule has 1 fully saturated rings. The molecule has 15 heavy (non-hydrogen) atoms. The van der Waals surface area contributed by atoms with Crippen molar-refractivity contribution in [2.75, 3.05) is 31.9 Å². The van der Waals surface area contributed by atoms with E-state index in [4.69, 9.17) is 5.73 Å². The number of anilines is 1. The molecule has 1 aromatic rings. The highest BCUT2D eigenvalue weighted by atomic mass is 32.1. The van der Waals surface area contributed by atoms with Gasteiger partial charge in [-0.05, 0) is 23.8 Å². The maximum Gasteiger partial charge on any atom is 0.0328 e. The van der Waals surface area contributed by atoms with Crippen molar-refractivity contribution >= 4 is 18.3 Å². The molecule has 2 rings (SSSR count). The summed E-state index contributed by atoms with van der Waals surface area (Å²) in [6, 6.07) is 5.99. The van der Waals surface area contributed by atoms with Gasteiger partial charge in [0.2, 0.25) is 0 Å². The van der Waals surface area contributed by atoms with Crippen LogP contribution in [-0.2, 0) is 6.54 Å². The second-order valence-electron chi connectivity index (χ2n) is 3.96. The van der Waals surface area contributed by atoms with Gasteiger partial charge in [-0.3, -0.25) is 4.90 Å². The molecule has 1 aliphatic heterocycles. The molecule has 0 bridgehead atoms. The third-order valence-corrected chi connectivity index (χ3v) is 2.87. The summed E-state index contributed by atoms with van der Waals surface area (Å²) in [7, 11) is 0. The average Bonchev–Trinajstić information content (AvgIpc) is 2.17. The van der Waals surface area contributed by atoms with Crippen LogP contribution in [0.5, 0.6) is 0 Å². The number of benzene rings is 1. The van der Waals surface area contributed by atoms with Crippen LogP contribution in [-0.4, -0.2) is 31.1 Å². The average molecular weight is 223 g/mol. The van der Waals surface area contributed by atoms with Gasteiger partial charge in [0, 0.05) is 43.3 Å². The molecule has 1 saturated heterocycles. The number of nitrogens with two attached hydrogens (primary N) is 1. The molecule has 0 unspecified atom stereocenters. The molecule has 1 aromatic carbocycles. The van der Waals surface area contributed by atoms with Crippen molar-refractivity contribution < 1.29 is 0 Å². The number of hydrogen-bond donors (Lipinski definition) is 3. The fourth-order valence-corrected chi connectivity index (χ4v) is 2.23. The van der Waals surface area contributed by atoms with Crippen LogP contribution in [0.4, 0.5) is 5.69 Å². The fraction of sp³-hybridized carbons (Fsp3) is 0.455. The number of piperazine rings is 1. The highest BCUT2D eigenvalue weighted by Gasteiger charge is 2.09. The lowest BCUT2D eigenvalue weighted by atomic mass is 10.2. The zero-order valence-electron chi connectivity index (χ0n) is 8.74. The van der Waals surface area contributed by atoms with Gasteiger partial charge < -0.3 is 11.1 Å². The zero-order chi connectivity index (χ0) is 10.7. The highest BCUT2D eigenvalue weighted by Crippen LogP contribution is 2.16. The largest absolute Gasteiger partial charge is 0.399 e. The van der Waals surface area contributed by atoms with Crippen molar-refractivity contribution in [3.8, 4) is 0 Å². The van der Waals surface area contributed by atoms with E-state index in [0.717, 1.165) is 43.3 Å². The molecule has 0 saturated carbocycles. The monoisotopic (exact) mass is 223 g/mol. The van der Waals surface area contributed by atoms with Gasteiger partial charge in [-0.25, -0.2) is 0 Å². The smallest absolute Gasteiger partial charge is 0.0328 e. The van der Waals surface area contributed by atoms with E-state index in [-0.39, 0.29) is 0 Å². The molecule has 0 aromatic heterocycles. The number of thiol groups is 1. The lowest BCUT2D eigenvalue weighted by molar-refractivity contribution is 0.233. The van der Waals surface area contributed by atoms with Crippen LogP contribution in [0.2, 0.25) is 0 Å². The van der Waals surface area contributed by atoms with Crippen LogP contribution in [0, 0.1) is 0 Å². The van der Waals surface area contributed by atoms with Gasteiger partial charge in [-0.2, -0.15) is 0 Å². The predicted molar refractivity (Wildman–Crippen MR) is 66.3 cm³/mol. The summed E-state index contributed by atoms with van der Waals surface area (Å²) in [6.07, 6.45) is 0. The molecular weight excluding hydrogens is 206 g/mol. The molecule has 0 aliphatic carbocycles. The quantitative estimate of drug-likeness (QED) is 0.517. The van der Waals surface area contributed by atoms with Crippen molar-refractivity contribution in [1.82, 2.24) is 10.2 Å². The first-order valence-electron chi connectivity index (χ1n) is 5.25. The second-order valence-corrected chi connectivity index (χ2v) is 4.48. The van der Waals surface area contributed by atoms with Crippen LogP contribution < -0.4 is 11.1 Å². The minimum Gasteiger partial charge on any atom is -0.399 e.